The molecule has 158 valence electrons. The third kappa shape index (κ3) is 3.39. The lowest BCUT2D eigenvalue weighted by molar-refractivity contribution is 0.0963. The van der Waals surface area contributed by atoms with Crippen LogP contribution in [-0.4, -0.2) is 30.6 Å². The number of aryl methyl sites for hydroxylation is 2. The fourth-order valence-corrected chi connectivity index (χ4v) is 4.26. The molecule has 0 saturated heterocycles. The summed E-state index contributed by atoms with van der Waals surface area (Å²) in [5.41, 5.74) is 5.67. The second kappa shape index (κ2) is 8.23. The molecule has 0 atom stereocenters. The Balaban J connectivity index is 1.58. The van der Waals surface area contributed by atoms with E-state index < -0.39 is 0 Å². The molecule has 2 aromatic heterocycles. The van der Waals surface area contributed by atoms with Crippen molar-refractivity contribution in [2.45, 2.75) is 26.9 Å². The highest BCUT2D eigenvalue weighted by Crippen LogP contribution is 2.34. The average molecular weight is 422 g/mol. The number of ketones is 1. The summed E-state index contributed by atoms with van der Waals surface area (Å²) in [7, 11) is 0. The van der Waals surface area contributed by atoms with E-state index in [2.05, 4.69) is 33.0 Å². The molecule has 2 heterocycles. The van der Waals surface area contributed by atoms with E-state index in [1.165, 1.54) is 4.80 Å². The predicted molar refractivity (Wildman–Crippen MR) is 125 cm³/mol. The standard InChI is InChI=1S/C26H23N5O/c1-3-30-22-16-10-9-15-21(22)24(25(30)19-12-5-4-6-13-19)23(32)17-31-28-26(27-29-31)20-14-8-7-11-18(20)2/h4-16H,3,17H2,1-2H3. The van der Waals surface area contributed by atoms with E-state index >= 15 is 0 Å². The van der Waals surface area contributed by atoms with E-state index in [9.17, 15) is 4.79 Å². The Bertz CT molecular complexity index is 1410. The van der Waals surface area contributed by atoms with Crippen LogP contribution in [0, 0.1) is 6.92 Å². The summed E-state index contributed by atoms with van der Waals surface area (Å²) in [4.78, 5) is 15.0. The van der Waals surface area contributed by atoms with Crippen molar-refractivity contribution in [2.24, 2.45) is 0 Å². The highest BCUT2D eigenvalue weighted by atomic mass is 16.1. The molecule has 0 saturated carbocycles. The van der Waals surface area contributed by atoms with Gasteiger partial charge in [-0.2, -0.15) is 4.80 Å². The number of nitrogens with zero attached hydrogens (tertiary/aromatic N) is 5. The molecule has 0 aliphatic carbocycles. The van der Waals surface area contributed by atoms with Crippen LogP contribution in [0.25, 0.3) is 33.5 Å². The maximum Gasteiger partial charge on any atom is 0.205 e. The molecule has 5 rings (SSSR count). The molecule has 0 radical (unpaired) electrons. The van der Waals surface area contributed by atoms with Crippen LogP contribution < -0.4 is 0 Å². The molecular formula is C26H23N5O. The number of hydrogen-bond acceptors (Lipinski definition) is 4. The van der Waals surface area contributed by atoms with Gasteiger partial charge in [-0.1, -0.05) is 72.8 Å². The van der Waals surface area contributed by atoms with Gasteiger partial charge in [-0.05, 0) is 36.3 Å². The first kappa shape index (κ1) is 19.9. The number of carbonyl (C=O) groups is 1. The van der Waals surface area contributed by atoms with E-state index in [0.717, 1.165) is 39.8 Å². The molecule has 5 aromatic rings. The highest BCUT2D eigenvalue weighted by Gasteiger charge is 2.24. The lowest BCUT2D eigenvalue weighted by atomic mass is 10.0. The maximum atomic E-state index is 13.6. The topological polar surface area (TPSA) is 65.6 Å². The SMILES string of the molecule is CCn1c(-c2ccccc2)c(C(=O)Cn2nnc(-c3ccccc3C)n2)c2ccccc21. The molecule has 6 heteroatoms. The quantitative estimate of drug-likeness (QED) is 0.355. The minimum atomic E-state index is -0.0408. The Kier molecular flexibility index (Phi) is 5.11. The summed E-state index contributed by atoms with van der Waals surface area (Å²) in [6, 6.07) is 26.0. The van der Waals surface area contributed by atoms with Crippen LogP contribution in [-0.2, 0) is 13.1 Å². The summed E-state index contributed by atoms with van der Waals surface area (Å²) in [6.07, 6.45) is 0. The van der Waals surface area contributed by atoms with E-state index in [0.29, 0.717) is 11.4 Å². The maximum absolute atomic E-state index is 13.6. The molecule has 0 N–H and O–H groups in total. The first-order chi connectivity index (χ1) is 15.7. The minimum absolute atomic E-state index is 0.0242. The smallest absolute Gasteiger partial charge is 0.205 e. The number of carbonyl (C=O) groups excluding carboxylic acids is 1. The Morgan fingerprint density at radius 3 is 2.41 bits per heavy atom. The summed E-state index contributed by atoms with van der Waals surface area (Å²) in [5.74, 6) is 0.483. The highest BCUT2D eigenvalue weighted by molar-refractivity contribution is 6.13. The Morgan fingerprint density at radius 2 is 1.62 bits per heavy atom. The van der Waals surface area contributed by atoms with Gasteiger partial charge >= 0.3 is 0 Å². The molecule has 3 aromatic carbocycles. The number of rotatable bonds is 6. The Labute approximate surface area is 186 Å². The molecule has 0 spiro atoms. The molecule has 0 fully saturated rings. The van der Waals surface area contributed by atoms with Crippen molar-refractivity contribution in [3.8, 4) is 22.6 Å². The van der Waals surface area contributed by atoms with E-state index in [-0.39, 0.29) is 12.3 Å². The third-order valence-electron chi connectivity index (χ3n) is 5.74. The largest absolute Gasteiger partial charge is 0.340 e. The van der Waals surface area contributed by atoms with Crippen LogP contribution in [0.5, 0.6) is 0 Å². The molecular weight excluding hydrogens is 398 g/mol. The van der Waals surface area contributed by atoms with Crippen LogP contribution >= 0.6 is 0 Å². The fourth-order valence-electron chi connectivity index (χ4n) is 4.26. The van der Waals surface area contributed by atoms with E-state index in [1.54, 1.807) is 0 Å². The minimum Gasteiger partial charge on any atom is -0.340 e. The van der Waals surface area contributed by atoms with Gasteiger partial charge in [0.05, 0.1) is 11.3 Å². The molecule has 32 heavy (non-hydrogen) atoms. The molecule has 0 bridgehead atoms. The number of aromatic nitrogens is 5. The average Bonchev–Trinajstić information content (AvgIpc) is 3.42. The van der Waals surface area contributed by atoms with Gasteiger partial charge in [-0.25, -0.2) is 0 Å². The van der Waals surface area contributed by atoms with Crippen LogP contribution in [0.2, 0.25) is 0 Å². The molecule has 0 aliphatic rings. The van der Waals surface area contributed by atoms with Crippen LogP contribution in [0.1, 0.15) is 22.8 Å². The molecule has 0 aliphatic heterocycles. The lowest BCUT2D eigenvalue weighted by Crippen LogP contribution is -2.14. The van der Waals surface area contributed by atoms with Crippen molar-refractivity contribution in [3.63, 3.8) is 0 Å². The second-order valence-electron chi connectivity index (χ2n) is 7.73. The lowest BCUT2D eigenvalue weighted by Gasteiger charge is -2.10. The van der Waals surface area contributed by atoms with Crippen molar-refractivity contribution in [2.75, 3.05) is 0 Å². The van der Waals surface area contributed by atoms with Gasteiger partial charge in [0.15, 0.2) is 5.78 Å². The summed E-state index contributed by atoms with van der Waals surface area (Å²) < 4.78 is 2.20. The fraction of sp³-hybridized carbons (Fsp3) is 0.154. The number of fused-ring (bicyclic) bond motifs is 1. The predicted octanol–water partition coefficient (Wildman–Crippen LogP) is 5.17. The number of para-hydroxylation sites is 1. The van der Waals surface area contributed by atoms with Crippen molar-refractivity contribution < 1.29 is 4.79 Å². The number of benzene rings is 3. The molecule has 0 amide bonds. The van der Waals surface area contributed by atoms with Crippen LogP contribution in [0.15, 0.2) is 78.9 Å². The van der Waals surface area contributed by atoms with Crippen LogP contribution in [0.4, 0.5) is 0 Å². The van der Waals surface area contributed by atoms with E-state index in [1.807, 2.05) is 79.7 Å². The normalized spacial score (nSPS) is 11.2. The summed E-state index contributed by atoms with van der Waals surface area (Å²) in [6.45, 7) is 4.89. The van der Waals surface area contributed by atoms with Crippen molar-refractivity contribution in [1.82, 2.24) is 24.8 Å². The zero-order chi connectivity index (χ0) is 22.1. The van der Waals surface area contributed by atoms with Crippen LogP contribution in [0.3, 0.4) is 0 Å². The molecule has 6 nitrogen and oxygen atoms in total. The van der Waals surface area contributed by atoms with Gasteiger partial charge in [0, 0.05) is 23.0 Å². The van der Waals surface area contributed by atoms with Crippen molar-refractivity contribution >= 4 is 16.7 Å². The number of Topliss-reactive ketones (excluding diaryl/α,β-unsaturated/α-hetero) is 1. The molecule has 0 unspecified atom stereocenters. The first-order valence-electron chi connectivity index (χ1n) is 10.7. The van der Waals surface area contributed by atoms with Gasteiger partial charge in [0.2, 0.25) is 5.82 Å². The van der Waals surface area contributed by atoms with Gasteiger partial charge in [0.25, 0.3) is 0 Å². The van der Waals surface area contributed by atoms with Gasteiger partial charge < -0.3 is 4.57 Å². The Morgan fingerprint density at radius 1 is 0.906 bits per heavy atom. The third-order valence-corrected chi connectivity index (χ3v) is 5.74. The zero-order valence-electron chi connectivity index (χ0n) is 18.1. The van der Waals surface area contributed by atoms with Gasteiger partial charge in [-0.3, -0.25) is 4.79 Å². The Hall–Kier alpha value is -4.06. The van der Waals surface area contributed by atoms with E-state index in [4.69, 9.17) is 0 Å². The van der Waals surface area contributed by atoms with Crippen molar-refractivity contribution in [1.29, 1.82) is 0 Å². The van der Waals surface area contributed by atoms with Gasteiger partial charge in [0.1, 0.15) is 6.54 Å². The zero-order valence-corrected chi connectivity index (χ0v) is 18.1. The van der Waals surface area contributed by atoms with Gasteiger partial charge in [-0.15, -0.1) is 10.2 Å². The first-order valence-corrected chi connectivity index (χ1v) is 10.7. The second-order valence-corrected chi connectivity index (χ2v) is 7.73. The summed E-state index contributed by atoms with van der Waals surface area (Å²) >= 11 is 0. The summed E-state index contributed by atoms with van der Waals surface area (Å²) in [5, 5.41) is 13.8. The number of hydrogen-bond donors (Lipinski definition) is 0. The monoisotopic (exact) mass is 421 g/mol. The number of tetrazole rings is 1. The van der Waals surface area contributed by atoms with Crippen molar-refractivity contribution in [3.05, 3.63) is 90.0 Å².